The quantitative estimate of drug-likeness (QED) is 0.693. The van der Waals surface area contributed by atoms with Crippen LogP contribution in [0.1, 0.15) is 52.7 Å². The summed E-state index contributed by atoms with van der Waals surface area (Å²) in [5.74, 6) is 0.965. The Labute approximate surface area is 175 Å². The number of aromatic nitrogens is 1. The largest absolute Gasteiger partial charge is 0.507 e. The lowest BCUT2D eigenvalue weighted by molar-refractivity contribution is 0.411. The molecule has 0 unspecified atom stereocenters. The zero-order valence-corrected chi connectivity index (χ0v) is 18.8. The first-order valence-electron chi connectivity index (χ1n) is 8.62. The highest BCUT2D eigenvalue weighted by atomic mass is 35.5. The molecule has 0 saturated carbocycles. The van der Waals surface area contributed by atoms with Gasteiger partial charge >= 0.3 is 0 Å². The fraction of sp³-hybridized carbons (Fsp3) is 0.476. The average Bonchev–Trinajstić information content (AvgIpc) is 2.52. The molecule has 1 heterocycles. The smallest absolute Gasteiger partial charge is 0.137 e. The third-order valence-electron chi connectivity index (χ3n) is 4.12. The van der Waals surface area contributed by atoms with Gasteiger partial charge in [-0.3, -0.25) is 4.98 Å². The Kier molecular flexibility index (Phi) is 9.10. The number of methoxy groups -OCH3 is 1. The molecule has 1 aromatic carbocycles. The number of nitrogens with zero attached hydrogens (tertiary/aromatic N) is 1. The number of pyridine rings is 1. The van der Waals surface area contributed by atoms with Crippen LogP contribution in [0.4, 0.5) is 0 Å². The monoisotopic (exact) mass is 414 g/mol. The van der Waals surface area contributed by atoms with Gasteiger partial charge in [-0.1, -0.05) is 26.8 Å². The first-order valence-corrected chi connectivity index (χ1v) is 8.62. The maximum atomic E-state index is 10.9. The van der Waals surface area contributed by atoms with E-state index in [1.807, 2.05) is 12.1 Å². The van der Waals surface area contributed by atoms with Gasteiger partial charge in [-0.25, -0.2) is 0 Å². The zero-order chi connectivity index (χ0) is 18.8. The number of aromatic hydroxyl groups is 1. The van der Waals surface area contributed by atoms with Gasteiger partial charge in [0.25, 0.3) is 0 Å². The number of phenols is 1. The number of hydrogen-bond donors (Lipinski definition) is 2. The average molecular weight is 415 g/mol. The number of benzene rings is 1. The van der Waals surface area contributed by atoms with E-state index in [1.165, 1.54) is 5.56 Å². The van der Waals surface area contributed by atoms with Gasteiger partial charge in [0.05, 0.1) is 13.3 Å². The Hall–Kier alpha value is -1.49. The lowest BCUT2D eigenvalue weighted by atomic mass is 9.83. The van der Waals surface area contributed by atoms with Crippen LogP contribution in [0.3, 0.4) is 0 Å². The Morgan fingerprint density at radius 2 is 1.63 bits per heavy atom. The molecule has 27 heavy (non-hydrogen) atoms. The van der Waals surface area contributed by atoms with Gasteiger partial charge in [0.15, 0.2) is 0 Å². The van der Waals surface area contributed by atoms with Gasteiger partial charge in [0, 0.05) is 35.0 Å². The highest BCUT2D eigenvalue weighted by Crippen LogP contribution is 2.38. The lowest BCUT2D eigenvalue weighted by Gasteiger charge is -2.25. The fourth-order valence-electron chi connectivity index (χ4n) is 2.52. The van der Waals surface area contributed by atoms with Crippen molar-refractivity contribution in [2.45, 2.75) is 59.0 Å². The van der Waals surface area contributed by atoms with Crippen LogP contribution >= 0.6 is 24.8 Å². The minimum Gasteiger partial charge on any atom is -0.507 e. The fourth-order valence-corrected chi connectivity index (χ4v) is 2.52. The first kappa shape index (κ1) is 25.5. The maximum absolute atomic E-state index is 10.9. The predicted molar refractivity (Wildman–Crippen MR) is 118 cm³/mol. The number of rotatable bonds is 4. The lowest BCUT2D eigenvalue weighted by Crippen LogP contribution is -2.35. The van der Waals surface area contributed by atoms with E-state index < -0.39 is 0 Å². The summed E-state index contributed by atoms with van der Waals surface area (Å²) < 4.78 is 5.28. The molecule has 2 aromatic rings. The van der Waals surface area contributed by atoms with Crippen molar-refractivity contribution in [3.8, 4) is 22.6 Å². The van der Waals surface area contributed by atoms with Crippen molar-refractivity contribution in [3.63, 3.8) is 0 Å². The summed E-state index contributed by atoms with van der Waals surface area (Å²) in [6, 6.07) is 6.03. The Morgan fingerprint density at radius 1 is 1.00 bits per heavy atom. The molecular weight excluding hydrogens is 383 g/mol. The van der Waals surface area contributed by atoms with E-state index >= 15 is 0 Å². The Bertz CT molecular complexity index is 751. The van der Waals surface area contributed by atoms with Gasteiger partial charge in [-0.05, 0) is 43.9 Å². The van der Waals surface area contributed by atoms with E-state index in [1.54, 1.807) is 19.5 Å². The van der Waals surface area contributed by atoms with E-state index in [0.717, 1.165) is 16.7 Å². The molecule has 0 spiro atoms. The molecule has 0 fully saturated rings. The number of nitrogens with one attached hydrogen (secondary N) is 1. The van der Waals surface area contributed by atoms with Crippen molar-refractivity contribution < 1.29 is 9.84 Å². The summed E-state index contributed by atoms with van der Waals surface area (Å²) >= 11 is 0. The van der Waals surface area contributed by atoms with Crippen molar-refractivity contribution >= 4 is 24.8 Å². The molecule has 1 aromatic heterocycles. The van der Waals surface area contributed by atoms with Crippen LogP contribution in [-0.4, -0.2) is 22.7 Å². The molecule has 0 amide bonds. The van der Waals surface area contributed by atoms with Crippen LogP contribution in [0.25, 0.3) is 11.1 Å². The molecule has 0 aliphatic carbocycles. The van der Waals surface area contributed by atoms with Crippen molar-refractivity contribution in [1.82, 2.24) is 10.3 Å². The molecule has 6 heteroatoms. The molecule has 0 bridgehead atoms. The molecule has 4 nitrogen and oxygen atoms in total. The number of hydrogen-bond acceptors (Lipinski definition) is 4. The summed E-state index contributed by atoms with van der Waals surface area (Å²) in [7, 11) is 1.62. The van der Waals surface area contributed by atoms with Crippen LogP contribution in [0, 0.1) is 0 Å². The van der Waals surface area contributed by atoms with Crippen LogP contribution in [0.2, 0.25) is 0 Å². The normalized spacial score (nSPS) is 11.4. The Balaban J connectivity index is 0.00000338. The molecule has 0 radical (unpaired) electrons. The van der Waals surface area contributed by atoms with Crippen LogP contribution < -0.4 is 10.1 Å². The third kappa shape index (κ3) is 6.87. The number of phenolic OH excluding ortho intramolecular Hbond substituents is 1. The summed E-state index contributed by atoms with van der Waals surface area (Å²) in [4.78, 5) is 4.23. The van der Waals surface area contributed by atoms with Crippen molar-refractivity contribution in [2.75, 3.05) is 7.11 Å². The molecule has 0 saturated heterocycles. The highest BCUT2D eigenvalue weighted by Gasteiger charge is 2.21. The standard InChI is InChI=1S/C21H30N2O2.2ClH/c1-20(2,3)16-8-15(12-23-21(4,5)6)19(24)18(10-16)14-9-17(25-7)13-22-11-14;;/h8-11,13,23-24H,12H2,1-7H3;2*1H. The van der Waals surface area contributed by atoms with E-state index in [9.17, 15) is 5.11 Å². The second-order valence-electron chi connectivity index (χ2n) is 8.50. The molecule has 0 aliphatic heterocycles. The van der Waals surface area contributed by atoms with Gasteiger partial charge < -0.3 is 15.2 Å². The van der Waals surface area contributed by atoms with Crippen molar-refractivity contribution in [1.29, 1.82) is 0 Å². The van der Waals surface area contributed by atoms with Crippen LogP contribution in [0.15, 0.2) is 30.6 Å². The number of halogens is 2. The van der Waals surface area contributed by atoms with E-state index in [0.29, 0.717) is 18.0 Å². The summed E-state index contributed by atoms with van der Waals surface area (Å²) in [6.07, 6.45) is 3.42. The molecular formula is C21H32Cl2N2O2. The zero-order valence-electron chi connectivity index (χ0n) is 17.2. The van der Waals surface area contributed by atoms with Crippen molar-refractivity contribution in [3.05, 3.63) is 41.7 Å². The predicted octanol–water partition coefficient (Wildman–Crippen LogP) is 5.49. The highest BCUT2D eigenvalue weighted by molar-refractivity contribution is 5.85. The summed E-state index contributed by atoms with van der Waals surface area (Å²) in [6.45, 7) is 13.5. The minimum atomic E-state index is -0.0259. The maximum Gasteiger partial charge on any atom is 0.137 e. The van der Waals surface area contributed by atoms with Gasteiger partial charge in [0.2, 0.25) is 0 Å². The molecule has 0 aliphatic rings. The summed E-state index contributed by atoms with van der Waals surface area (Å²) in [5.41, 5.74) is 3.64. The summed E-state index contributed by atoms with van der Waals surface area (Å²) in [5, 5.41) is 14.3. The third-order valence-corrected chi connectivity index (χ3v) is 4.12. The van der Waals surface area contributed by atoms with Crippen LogP contribution in [-0.2, 0) is 12.0 Å². The first-order chi connectivity index (χ1) is 11.5. The van der Waals surface area contributed by atoms with Gasteiger partial charge in [-0.15, -0.1) is 24.8 Å². The number of ether oxygens (including phenoxy) is 1. The molecule has 0 atom stereocenters. The topological polar surface area (TPSA) is 54.4 Å². The SMILES string of the molecule is COc1cncc(-c2cc(C(C)(C)C)cc(CNC(C)(C)C)c2O)c1.Cl.Cl. The van der Waals surface area contributed by atoms with Gasteiger partial charge in [-0.2, -0.15) is 0 Å². The van der Waals surface area contributed by atoms with E-state index in [2.05, 4.69) is 57.9 Å². The minimum absolute atomic E-state index is 0. The second kappa shape index (κ2) is 9.63. The van der Waals surface area contributed by atoms with E-state index in [-0.39, 0.29) is 35.8 Å². The van der Waals surface area contributed by atoms with Crippen LogP contribution in [0.5, 0.6) is 11.5 Å². The van der Waals surface area contributed by atoms with Crippen molar-refractivity contribution in [2.24, 2.45) is 0 Å². The van der Waals surface area contributed by atoms with Gasteiger partial charge in [0.1, 0.15) is 11.5 Å². The molecule has 2 N–H and O–H groups in total. The van der Waals surface area contributed by atoms with E-state index in [4.69, 9.17) is 4.74 Å². The Morgan fingerprint density at radius 3 is 2.15 bits per heavy atom. The molecule has 152 valence electrons. The molecule has 2 rings (SSSR count). The second-order valence-corrected chi connectivity index (χ2v) is 8.50.